The summed E-state index contributed by atoms with van der Waals surface area (Å²) in [4.78, 5) is 2.38. The van der Waals surface area contributed by atoms with E-state index in [1.807, 2.05) is 16.9 Å². The molecular weight excluding hydrogens is 200 g/mol. The summed E-state index contributed by atoms with van der Waals surface area (Å²) in [5.74, 6) is 1.39. The van der Waals surface area contributed by atoms with Crippen LogP contribution in [0.15, 0.2) is 12.3 Å². The lowest BCUT2D eigenvalue weighted by molar-refractivity contribution is 0.298. The van der Waals surface area contributed by atoms with E-state index in [2.05, 4.69) is 30.9 Å². The van der Waals surface area contributed by atoms with Gasteiger partial charge in [-0.1, -0.05) is 13.8 Å². The average molecular weight is 224 g/mol. The topological polar surface area (TPSA) is 47.1 Å². The van der Waals surface area contributed by atoms with Crippen molar-refractivity contribution in [3.8, 4) is 0 Å². The molecule has 0 atom stereocenters. The minimum atomic E-state index is 0.605. The Morgan fingerprint density at radius 3 is 2.75 bits per heavy atom. The first-order chi connectivity index (χ1) is 7.58. The molecule has 16 heavy (non-hydrogen) atoms. The minimum Gasteiger partial charge on any atom is -0.382 e. The zero-order chi connectivity index (χ0) is 12.0. The van der Waals surface area contributed by atoms with Crippen molar-refractivity contribution in [3.63, 3.8) is 0 Å². The minimum absolute atomic E-state index is 0.605. The molecule has 0 aromatic carbocycles. The van der Waals surface area contributed by atoms with Gasteiger partial charge < -0.3 is 10.6 Å². The largest absolute Gasteiger partial charge is 0.382 e. The number of nitrogen functional groups attached to an aromatic ring is 1. The summed E-state index contributed by atoms with van der Waals surface area (Å²) >= 11 is 0. The Morgan fingerprint density at radius 2 is 2.19 bits per heavy atom. The number of hydrogen-bond donors (Lipinski definition) is 1. The highest BCUT2D eigenvalue weighted by Crippen LogP contribution is 2.02. The maximum Gasteiger partial charge on any atom is 0.145 e. The van der Waals surface area contributed by atoms with Gasteiger partial charge in [-0.2, -0.15) is 5.10 Å². The van der Waals surface area contributed by atoms with Crippen LogP contribution in [0.25, 0.3) is 0 Å². The molecule has 0 bridgehead atoms. The van der Waals surface area contributed by atoms with Crippen molar-refractivity contribution in [1.29, 1.82) is 0 Å². The van der Waals surface area contributed by atoms with Gasteiger partial charge in [-0.25, -0.2) is 0 Å². The van der Waals surface area contributed by atoms with Gasteiger partial charge in [0.15, 0.2) is 0 Å². The van der Waals surface area contributed by atoms with Gasteiger partial charge in [0.25, 0.3) is 0 Å². The van der Waals surface area contributed by atoms with E-state index in [0.29, 0.717) is 5.82 Å². The molecular formula is C12H24N4. The monoisotopic (exact) mass is 224 g/mol. The second-order valence-corrected chi connectivity index (χ2v) is 4.84. The van der Waals surface area contributed by atoms with Gasteiger partial charge >= 0.3 is 0 Å². The average Bonchev–Trinajstić information content (AvgIpc) is 2.61. The number of anilines is 1. The first kappa shape index (κ1) is 13.0. The summed E-state index contributed by atoms with van der Waals surface area (Å²) in [5, 5.41) is 4.16. The maximum atomic E-state index is 5.55. The Morgan fingerprint density at radius 1 is 1.44 bits per heavy atom. The Hall–Kier alpha value is -1.03. The molecule has 2 N–H and O–H groups in total. The number of aromatic nitrogens is 2. The fourth-order valence-corrected chi connectivity index (χ4v) is 1.59. The highest BCUT2D eigenvalue weighted by molar-refractivity contribution is 5.23. The summed E-state index contributed by atoms with van der Waals surface area (Å²) in [6.45, 7) is 7.77. The number of nitrogens with two attached hydrogens (primary N) is 1. The van der Waals surface area contributed by atoms with Crippen molar-refractivity contribution in [3.05, 3.63) is 12.3 Å². The Labute approximate surface area is 98.4 Å². The Balaban J connectivity index is 2.10. The van der Waals surface area contributed by atoms with E-state index in [1.165, 1.54) is 13.0 Å². The van der Waals surface area contributed by atoms with Gasteiger partial charge in [0, 0.05) is 12.7 Å². The summed E-state index contributed by atoms with van der Waals surface area (Å²) in [5.41, 5.74) is 5.55. The third-order valence-corrected chi connectivity index (χ3v) is 2.68. The fraction of sp³-hybridized carbons (Fsp3) is 0.750. The molecule has 0 saturated heterocycles. The van der Waals surface area contributed by atoms with Crippen molar-refractivity contribution in [2.75, 3.05) is 25.9 Å². The predicted molar refractivity (Wildman–Crippen MR) is 68.2 cm³/mol. The highest BCUT2D eigenvalue weighted by atomic mass is 15.3. The van der Waals surface area contributed by atoms with Crippen LogP contribution in [0.4, 0.5) is 5.82 Å². The molecule has 0 unspecified atom stereocenters. The summed E-state index contributed by atoms with van der Waals surface area (Å²) in [6, 6.07) is 1.84. The van der Waals surface area contributed by atoms with Crippen LogP contribution >= 0.6 is 0 Å². The lowest BCUT2D eigenvalue weighted by atomic mass is 10.1. The van der Waals surface area contributed by atoms with Gasteiger partial charge in [0.1, 0.15) is 5.82 Å². The SMILES string of the molecule is CC(C)CCN(C)CCCn1ccc(N)n1. The number of hydrogen-bond acceptors (Lipinski definition) is 3. The zero-order valence-corrected chi connectivity index (χ0v) is 10.7. The van der Waals surface area contributed by atoms with Crippen molar-refractivity contribution in [1.82, 2.24) is 14.7 Å². The van der Waals surface area contributed by atoms with E-state index in [1.54, 1.807) is 0 Å². The second-order valence-electron chi connectivity index (χ2n) is 4.84. The van der Waals surface area contributed by atoms with E-state index in [9.17, 15) is 0 Å². The quantitative estimate of drug-likeness (QED) is 0.768. The van der Waals surface area contributed by atoms with Gasteiger partial charge in [-0.3, -0.25) is 4.68 Å². The molecule has 0 radical (unpaired) electrons. The molecule has 1 aromatic heterocycles. The van der Waals surface area contributed by atoms with Crippen LogP contribution < -0.4 is 5.73 Å². The molecule has 0 amide bonds. The van der Waals surface area contributed by atoms with Gasteiger partial charge in [-0.15, -0.1) is 0 Å². The number of nitrogens with zero attached hydrogens (tertiary/aromatic N) is 3. The summed E-state index contributed by atoms with van der Waals surface area (Å²) in [7, 11) is 2.18. The van der Waals surface area contributed by atoms with E-state index < -0.39 is 0 Å². The molecule has 0 fully saturated rings. The Bertz CT molecular complexity index is 293. The van der Waals surface area contributed by atoms with E-state index in [4.69, 9.17) is 5.73 Å². The first-order valence-corrected chi connectivity index (χ1v) is 6.05. The molecule has 0 spiro atoms. The van der Waals surface area contributed by atoms with E-state index in [0.717, 1.165) is 25.4 Å². The van der Waals surface area contributed by atoms with Gasteiger partial charge in [-0.05, 0) is 45.0 Å². The second kappa shape index (κ2) is 6.53. The highest BCUT2D eigenvalue weighted by Gasteiger charge is 2.01. The van der Waals surface area contributed by atoms with Crippen molar-refractivity contribution < 1.29 is 0 Å². The van der Waals surface area contributed by atoms with Crippen LogP contribution in [0, 0.1) is 5.92 Å². The molecule has 0 aliphatic carbocycles. The van der Waals surface area contributed by atoms with Crippen LogP contribution in [-0.4, -0.2) is 34.8 Å². The predicted octanol–water partition coefficient (Wildman–Crippen LogP) is 1.83. The van der Waals surface area contributed by atoms with Gasteiger partial charge in [0.2, 0.25) is 0 Å². The van der Waals surface area contributed by atoms with Crippen LogP contribution in [0.5, 0.6) is 0 Å². The molecule has 0 aliphatic rings. The third-order valence-electron chi connectivity index (χ3n) is 2.68. The number of rotatable bonds is 7. The molecule has 1 heterocycles. The summed E-state index contributed by atoms with van der Waals surface area (Å²) < 4.78 is 1.91. The maximum absolute atomic E-state index is 5.55. The molecule has 0 aliphatic heterocycles. The summed E-state index contributed by atoms with van der Waals surface area (Å²) in [6.07, 6.45) is 4.32. The number of aryl methyl sites for hydroxylation is 1. The Kier molecular flexibility index (Phi) is 5.32. The van der Waals surface area contributed by atoms with Crippen LogP contribution in [0.2, 0.25) is 0 Å². The fourth-order valence-electron chi connectivity index (χ4n) is 1.59. The first-order valence-electron chi connectivity index (χ1n) is 6.05. The van der Waals surface area contributed by atoms with E-state index >= 15 is 0 Å². The lowest BCUT2D eigenvalue weighted by Crippen LogP contribution is -2.23. The molecule has 92 valence electrons. The molecule has 4 heteroatoms. The van der Waals surface area contributed by atoms with Crippen LogP contribution in [0.3, 0.4) is 0 Å². The van der Waals surface area contributed by atoms with Crippen molar-refractivity contribution in [2.24, 2.45) is 5.92 Å². The van der Waals surface area contributed by atoms with E-state index in [-0.39, 0.29) is 0 Å². The third kappa shape index (κ3) is 5.16. The zero-order valence-electron chi connectivity index (χ0n) is 10.7. The van der Waals surface area contributed by atoms with Crippen molar-refractivity contribution in [2.45, 2.75) is 33.2 Å². The molecule has 0 saturated carbocycles. The van der Waals surface area contributed by atoms with Gasteiger partial charge in [0.05, 0.1) is 0 Å². The normalized spacial score (nSPS) is 11.6. The molecule has 4 nitrogen and oxygen atoms in total. The van der Waals surface area contributed by atoms with Crippen LogP contribution in [0.1, 0.15) is 26.7 Å². The van der Waals surface area contributed by atoms with Crippen molar-refractivity contribution >= 4 is 5.82 Å². The lowest BCUT2D eigenvalue weighted by Gasteiger charge is -2.17. The standard InChI is InChI=1S/C12H24N4/c1-11(2)5-9-15(3)7-4-8-16-10-6-12(13)14-16/h6,10-11H,4-5,7-9H2,1-3H3,(H2,13,14). The van der Waals surface area contributed by atoms with Crippen LogP contribution in [-0.2, 0) is 6.54 Å². The molecule has 1 aromatic rings. The molecule has 1 rings (SSSR count). The smallest absolute Gasteiger partial charge is 0.145 e.